The van der Waals surface area contributed by atoms with Crippen LogP contribution in [0.2, 0.25) is 0 Å². The van der Waals surface area contributed by atoms with Gasteiger partial charge in [0.05, 0.1) is 0 Å². The van der Waals surface area contributed by atoms with Crippen molar-refractivity contribution in [3.8, 4) is 17.2 Å². The van der Waals surface area contributed by atoms with E-state index in [9.17, 15) is 9.90 Å². The molecule has 4 heteroatoms. The van der Waals surface area contributed by atoms with E-state index in [1.165, 1.54) is 6.07 Å². The fourth-order valence-electron chi connectivity index (χ4n) is 2.07. The smallest absolute Gasteiger partial charge is 0.339 e. The molecule has 21 heavy (non-hydrogen) atoms. The molecule has 0 spiro atoms. The second-order valence-corrected chi connectivity index (χ2v) is 4.77. The van der Waals surface area contributed by atoms with E-state index in [0.29, 0.717) is 0 Å². The normalized spacial score (nSPS) is 10.3. The topological polar surface area (TPSA) is 66.8 Å². The highest BCUT2D eigenvalue weighted by Gasteiger charge is 2.14. The van der Waals surface area contributed by atoms with E-state index in [1.54, 1.807) is 30.3 Å². The standard InChI is InChI=1S/C17H18O4/c1-2-3-7-12-8-6-11-15(16(12)18)21-14-10-5-4-9-13(14)17(19)20/h4-6,8-11,18H,2-3,7H2,1H3,(H,19,20). The maximum Gasteiger partial charge on any atom is 0.339 e. The predicted molar refractivity (Wildman–Crippen MR) is 80.2 cm³/mol. The van der Waals surface area contributed by atoms with E-state index in [0.717, 1.165) is 24.8 Å². The molecule has 0 heterocycles. The van der Waals surface area contributed by atoms with Gasteiger partial charge >= 0.3 is 5.97 Å². The van der Waals surface area contributed by atoms with E-state index in [-0.39, 0.29) is 22.8 Å². The van der Waals surface area contributed by atoms with Gasteiger partial charge in [0.2, 0.25) is 0 Å². The van der Waals surface area contributed by atoms with Crippen LogP contribution in [0.5, 0.6) is 17.2 Å². The number of ether oxygens (including phenoxy) is 1. The quantitative estimate of drug-likeness (QED) is 0.834. The monoisotopic (exact) mass is 286 g/mol. The second-order valence-electron chi connectivity index (χ2n) is 4.77. The lowest BCUT2D eigenvalue weighted by Gasteiger charge is -2.12. The number of benzene rings is 2. The van der Waals surface area contributed by atoms with Crippen LogP contribution in [0.15, 0.2) is 42.5 Å². The van der Waals surface area contributed by atoms with Gasteiger partial charge in [0.1, 0.15) is 11.3 Å². The fourth-order valence-corrected chi connectivity index (χ4v) is 2.07. The largest absolute Gasteiger partial charge is 0.504 e. The number of aryl methyl sites for hydroxylation is 1. The molecule has 2 rings (SSSR count). The van der Waals surface area contributed by atoms with E-state index in [1.807, 2.05) is 6.07 Å². The van der Waals surface area contributed by atoms with Crippen molar-refractivity contribution in [2.75, 3.05) is 0 Å². The number of aromatic carboxylic acids is 1. The summed E-state index contributed by atoms with van der Waals surface area (Å²) in [6.45, 7) is 2.08. The van der Waals surface area contributed by atoms with Gasteiger partial charge in [-0.3, -0.25) is 0 Å². The molecule has 0 atom stereocenters. The van der Waals surface area contributed by atoms with Gasteiger partial charge in [0.15, 0.2) is 11.5 Å². The second kappa shape index (κ2) is 6.79. The zero-order valence-electron chi connectivity index (χ0n) is 11.9. The third-order valence-corrected chi connectivity index (χ3v) is 3.22. The van der Waals surface area contributed by atoms with Gasteiger partial charge in [-0.2, -0.15) is 0 Å². The number of hydrogen-bond acceptors (Lipinski definition) is 3. The Balaban J connectivity index is 2.30. The van der Waals surface area contributed by atoms with E-state index in [2.05, 4.69) is 6.92 Å². The maximum atomic E-state index is 11.2. The minimum atomic E-state index is -1.06. The Morgan fingerprint density at radius 2 is 1.81 bits per heavy atom. The molecule has 0 aliphatic carbocycles. The van der Waals surface area contributed by atoms with Gasteiger partial charge in [-0.15, -0.1) is 0 Å². The van der Waals surface area contributed by atoms with Crippen molar-refractivity contribution < 1.29 is 19.7 Å². The molecule has 0 radical (unpaired) electrons. The van der Waals surface area contributed by atoms with Crippen molar-refractivity contribution in [2.24, 2.45) is 0 Å². The summed E-state index contributed by atoms with van der Waals surface area (Å²) in [7, 11) is 0. The molecule has 2 aromatic rings. The molecule has 0 unspecified atom stereocenters. The summed E-state index contributed by atoms with van der Waals surface area (Å²) in [6, 6.07) is 11.6. The number of phenolic OH excluding ortho intramolecular Hbond substituents is 1. The van der Waals surface area contributed by atoms with E-state index >= 15 is 0 Å². The Kier molecular flexibility index (Phi) is 4.82. The van der Waals surface area contributed by atoms with Gasteiger partial charge < -0.3 is 14.9 Å². The zero-order chi connectivity index (χ0) is 15.2. The molecule has 0 aromatic heterocycles. The summed E-state index contributed by atoms with van der Waals surface area (Å²) in [5.74, 6) is -0.497. The molecule has 0 saturated carbocycles. The predicted octanol–water partition coefficient (Wildman–Crippen LogP) is 4.23. The maximum absolute atomic E-state index is 11.2. The summed E-state index contributed by atoms with van der Waals surface area (Å²) in [6.07, 6.45) is 2.77. The summed E-state index contributed by atoms with van der Waals surface area (Å²) >= 11 is 0. The lowest BCUT2D eigenvalue weighted by Crippen LogP contribution is -2.00. The van der Waals surface area contributed by atoms with Gasteiger partial charge in [0.25, 0.3) is 0 Å². The lowest BCUT2D eigenvalue weighted by molar-refractivity contribution is 0.0694. The van der Waals surface area contributed by atoms with Crippen molar-refractivity contribution in [1.29, 1.82) is 0 Å². The average molecular weight is 286 g/mol. The van der Waals surface area contributed by atoms with Crippen molar-refractivity contribution >= 4 is 5.97 Å². The number of unbranched alkanes of at least 4 members (excludes halogenated alkanes) is 1. The van der Waals surface area contributed by atoms with Gasteiger partial charge in [-0.25, -0.2) is 4.79 Å². The van der Waals surface area contributed by atoms with Gasteiger partial charge in [-0.05, 0) is 36.6 Å². The van der Waals surface area contributed by atoms with Crippen LogP contribution in [0, 0.1) is 0 Å². The first-order valence-electron chi connectivity index (χ1n) is 6.94. The number of para-hydroxylation sites is 2. The summed E-state index contributed by atoms with van der Waals surface area (Å²) in [4.78, 5) is 11.2. The number of hydrogen-bond donors (Lipinski definition) is 2. The van der Waals surface area contributed by atoms with Crippen LogP contribution >= 0.6 is 0 Å². The Bertz CT molecular complexity index is 634. The van der Waals surface area contributed by atoms with Crippen molar-refractivity contribution in [2.45, 2.75) is 26.2 Å². The fraction of sp³-hybridized carbons (Fsp3) is 0.235. The Morgan fingerprint density at radius 1 is 1.10 bits per heavy atom. The molecule has 4 nitrogen and oxygen atoms in total. The van der Waals surface area contributed by atoms with Crippen LogP contribution in [0.4, 0.5) is 0 Å². The number of carboxylic acids is 1. The Labute approximate surface area is 123 Å². The average Bonchev–Trinajstić information content (AvgIpc) is 2.48. The molecule has 0 amide bonds. The van der Waals surface area contributed by atoms with Crippen LogP contribution in [0.1, 0.15) is 35.7 Å². The van der Waals surface area contributed by atoms with E-state index in [4.69, 9.17) is 9.84 Å². The summed E-state index contributed by atoms with van der Waals surface area (Å²) < 4.78 is 5.59. The number of rotatable bonds is 6. The summed E-state index contributed by atoms with van der Waals surface area (Å²) in [5, 5.41) is 19.4. The van der Waals surface area contributed by atoms with E-state index < -0.39 is 5.97 Å². The van der Waals surface area contributed by atoms with Crippen LogP contribution in [-0.4, -0.2) is 16.2 Å². The van der Waals surface area contributed by atoms with Crippen LogP contribution in [0.3, 0.4) is 0 Å². The van der Waals surface area contributed by atoms with Crippen molar-refractivity contribution in [1.82, 2.24) is 0 Å². The highest BCUT2D eigenvalue weighted by Crippen LogP contribution is 2.35. The molecular formula is C17H18O4. The first-order valence-corrected chi connectivity index (χ1v) is 6.94. The minimum absolute atomic E-state index is 0.0656. The number of phenols is 1. The van der Waals surface area contributed by atoms with Crippen molar-refractivity contribution in [3.05, 3.63) is 53.6 Å². The molecule has 2 aromatic carbocycles. The zero-order valence-corrected chi connectivity index (χ0v) is 11.9. The molecule has 2 N–H and O–H groups in total. The highest BCUT2D eigenvalue weighted by molar-refractivity contribution is 5.90. The highest BCUT2D eigenvalue weighted by atomic mass is 16.5. The van der Waals surface area contributed by atoms with Crippen LogP contribution < -0.4 is 4.74 Å². The third-order valence-electron chi connectivity index (χ3n) is 3.22. The molecule has 0 aliphatic rings. The molecule has 110 valence electrons. The summed E-state index contributed by atoms with van der Waals surface area (Å²) in [5.41, 5.74) is 0.873. The number of carboxylic acid groups (broad SMARTS) is 1. The first-order chi connectivity index (χ1) is 10.1. The van der Waals surface area contributed by atoms with Gasteiger partial charge in [0, 0.05) is 0 Å². The molecule has 0 aliphatic heterocycles. The third kappa shape index (κ3) is 3.54. The lowest BCUT2D eigenvalue weighted by atomic mass is 10.1. The molecule has 0 saturated heterocycles. The molecule has 0 fully saturated rings. The first kappa shape index (κ1) is 14.9. The molecule has 0 bridgehead atoms. The number of aromatic hydroxyl groups is 1. The minimum Gasteiger partial charge on any atom is -0.504 e. The van der Waals surface area contributed by atoms with Crippen LogP contribution in [0.25, 0.3) is 0 Å². The molecular weight excluding hydrogens is 268 g/mol. The van der Waals surface area contributed by atoms with Crippen molar-refractivity contribution in [3.63, 3.8) is 0 Å². The Morgan fingerprint density at radius 3 is 2.52 bits per heavy atom. The Hall–Kier alpha value is -2.49. The van der Waals surface area contributed by atoms with Crippen LogP contribution in [-0.2, 0) is 6.42 Å². The number of carbonyl (C=O) groups is 1. The SMILES string of the molecule is CCCCc1cccc(Oc2ccccc2C(=O)O)c1O. The van der Waals surface area contributed by atoms with Gasteiger partial charge in [-0.1, -0.05) is 37.6 Å².